The number of aryl methyl sites for hydroxylation is 1. The van der Waals surface area contributed by atoms with Crippen LogP contribution in [0.4, 0.5) is 0 Å². The highest BCUT2D eigenvalue weighted by Crippen LogP contribution is 2.42. The molecule has 0 amide bonds. The Hall–Kier alpha value is -4.36. The van der Waals surface area contributed by atoms with Crippen LogP contribution in [-0.4, -0.2) is 26.9 Å². The van der Waals surface area contributed by atoms with Gasteiger partial charge in [0.25, 0.3) is 8.32 Å². The fourth-order valence-corrected chi connectivity index (χ4v) is 12.2. The fraction of sp³-hybridized carbons (Fsp3) is 0.395. The average molecular weight is 695 g/mol. The summed E-state index contributed by atoms with van der Waals surface area (Å²) in [5.41, 5.74) is 3.33. The molecule has 0 bridgehead atoms. The van der Waals surface area contributed by atoms with Crippen molar-refractivity contribution < 1.29 is 28.2 Å². The number of unbranched alkanes of at least 4 members (excludes halogenated alkanes) is 4. The van der Waals surface area contributed by atoms with Gasteiger partial charge in [0.05, 0.1) is 12.2 Å². The molecule has 7 heteroatoms. The minimum absolute atomic E-state index is 0.365. The van der Waals surface area contributed by atoms with E-state index < -0.39 is 20.3 Å². The van der Waals surface area contributed by atoms with Crippen molar-refractivity contribution in [2.45, 2.75) is 104 Å². The molecule has 0 fully saturated rings. The van der Waals surface area contributed by atoms with Crippen molar-refractivity contribution in [3.63, 3.8) is 0 Å². The van der Waals surface area contributed by atoms with Crippen LogP contribution in [0.3, 0.4) is 0 Å². The maximum absolute atomic E-state index is 13.0. The molecule has 0 heterocycles. The number of carbonyl (C=O) groups is 2. The van der Waals surface area contributed by atoms with Gasteiger partial charge in [0.15, 0.2) is 0 Å². The van der Waals surface area contributed by atoms with Gasteiger partial charge in [-0.1, -0.05) is 104 Å². The Morgan fingerprint density at radius 2 is 1.32 bits per heavy atom. The molecular formula is C43H54O6Si. The monoisotopic (exact) mass is 694 g/mol. The van der Waals surface area contributed by atoms with Crippen LogP contribution in [0, 0.1) is 6.92 Å². The summed E-state index contributed by atoms with van der Waals surface area (Å²) in [5.74, 6) is 1.41. The SMILES string of the molecule is CCCCCCCOc1ccc(/C=C/C(=O)Oc2ccc(OC(=O)c3ccc(O[Si](C(C)C)(C(C)C)C(C)C)cc3)cc2C)c2ccccc12. The number of hydrogen-bond acceptors (Lipinski definition) is 6. The topological polar surface area (TPSA) is 71.1 Å². The van der Waals surface area contributed by atoms with E-state index >= 15 is 0 Å². The minimum Gasteiger partial charge on any atom is -0.543 e. The van der Waals surface area contributed by atoms with E-state index in [9.17, 15) is 9.59 Å². The van der Waals surface area contributed by atoms with Crippen LogP contribution in [0.1, 0.15) is 102 Å². The van der Waals surface area contributed by atoms with Crippen LogP contribution in [0.15, 0.2) is 84.9 Å². The van der Waals surface area contributed by atoms with Crippen molar-refractivity contribution in [3.8, 4) is 23.0 Å². The first-order valence-corrected chi connectivity index (χ1v) is 20.3. The Labute approximate surface area is 299 Å². The third-order valence-corrected chi connectivity index (χ3v) is 15.5. The molecule has 4 rings (SSSR count). The maximum atomic E-state index is 13.0. The van der Waals surface area contributed by atoms with E-state index in [1.165, 1.54) is 31.8 Å². The standard InChI is InChI=1S/C43H54O6Si/c1-9-10-11-12-15-28-46-41-25-20-34(38-16-13-14-17-39(38)41)21-27-42(44)48-40-26-24-37(29-33(40)8)47-43(45)35-18-22-36(23-19-35)49-50(30(2)3,31(4)5)32(6)7/h13-14,16-27,29-32H,9-12,15,28H2,1-8H3/b27-21+. The highest BCUT2D eigenvalue weighted by Gasteiger charge is 2.47. The molecule has 0 atom stereocenters. The summed E-state index contributed by atoms with van der Waals surface area (Å²) in [5, 5.41) is 2.01. The number of esters is 2. The lowest BCUT2D eigenvalue weighted by atomic mass is 10.0. The Kier molecular flexibility index (Phi) is 13.9. The van der Waals surface area contributed by atoms with Gasteiger partial charge in [0, 0.05) is 11.5 Å². The smallest absolute Gasteiger partial charge is 0.343 e. The predicted octanol–water partition coefficient (Wildman–Crippen LogP) is 11.9. The molecule has 0 saturated carbocycles. The van der Waals surface area contributed by atoms with Gasteiger partial charge in [-0.3, -0.25) is 0 Å². The van der Waals surface area contributed by atoms with Crippen molar-refractivity contribution >= 4 is 37.1 Å². The van der Waals surface area contributed by atoms with E-state index in [-0.39, 0.29) is 0 Å². The van der Waals surface area contributed by atoms with E-state index in [1.807, 2.05) is 48.5 Å². The summed E-state index contributed by atoms with van der Waals surface area (Å²) in [6.07, 6.45) is 9.11. The second-order valence-electron chi connectivity index (χ2n) is 14.0. The number of fused-ring (bicyclic) bond motifs is 1. The summed E-state index contributed by atoms with van der Waals surface area (Å²) in [4.78, 5) is 25.8. The van der Waals surface area contributed by atoms with E-state index in [1.54, 1.807) is 43.3 Å². The van der Waals surface area contributed by atoms with Crippen LogP contribution in [0.25, 0.3) is 16.8 Å². The molecule has 50 heavy (non-hydrogen) atoms. The van der Waals surface area contributed by atoms with E-state index in [4.69, 9.17) is 18.6 Å². The van der Waals surface area contributed by atoms with E-state index in [0.29, 0.717) is 45.9 Å². The summed E-state index contributed by atoms with van der Waals surface area (Å²) in [6.45, 7) is 18.2. The molecule has 0 aliphatic heterocycles. The Morgan fingerprint density at radius 1 is 0.700 bits per heavy atom. The van der Waals surface area contributed by atoms with Gasteiger partial charge in [0.2, 0.25) is 0 Å². The summed E-state index contributed by atoms with van der Waals surface area (Å²) < 4.78 is 24.2. The first kappa shape index (κ1) is 38.4. The lowest BCUT2D eigenvalue weighted by Crippen LogP contribution is -2.50. The first-order chi connectivity index (χ1) is 24.0. The molecule has 0 aliphatic carbocycles. The highest BCUT2D eigenvalue weighted by atomic mass is 28.4. The molecule has 0 spiro atoms. The fourth-order valence-electron chi connectivity index (χ4n) is 6.94. The minimum atomic E-state index is -2.10. The number of carbonyl (C=O) groups excluding carboxylic acids is 2. The molecule has 6 nitrogen and oxygen atoms in total. The third kappa shape index (κ3) is 9.66. The number of benzene rings is 4. The molecule has 0 saturated heterocycles. The molecule has 0 aliphatic rings. The Morgan fingerprint density at radius 3 is 1.96 bits per heavy atom. The molecule has 4 aromatic rings. The molecule has 0 unspecified atom stereocenters. The average Bonchev–Trinajstić information content (AvgIpc) is 3.09. The normalized spacial score (nSPS) is 11.9. The first-order valence-electron chi connectivity index (χ1n) is 18.1. The lowest BCUT2D eigenvalue weighted by Gasteiger charge is -2.42. The van der Waals surface area contributed by atoms with Crippen LogP contribution >= 0.6 is 0 Å². The second-order valence-corrected chi connectivity index (χ2v) is 19.4. The lowest BCUT2D eigenvalue weighted by molar-refractivity contribution is -0.128. The quantitative estimate of drug-likeness (QED) is 0.0360. The van der Waals surface area contributed by atoms with Crippen molar-refractivity contribution in [1.82, 2.24) is 0 Å². The number of hydrogen-bond donors (Lipinski definition) is 0. The molecule has 0 radical (unpaired) electrons. The predicted molar refractivity (Wildman–Crippen MR) is 207 cm³/mol. The molecule has 0 aromatic heterocycles. The van der Waals surface area contributed by atoms with Gasteiger partial charge >= 0.3 is 11.9 Å². The van der Waals surface area contributed by atoms with Gasteiger partial charge in [-0.2, -0.15) is 0 Å². The van der Waals surface area contributed by atoms with Crippen molar-refractivity contribution in [2.24, 2.45) is 0 Å². The maximum Gasteiger partial charge on any atom is 0.343 e. The molecular weight excluding hydrogens is 641 g/mol. The van der Waals surface area contributed by atoms with Crippen LogP contribution < -0.4 is 18.6 Å². The van der Waals surface area contributed by atoms with Gasteiger partial charge in [-0.25, -0.2) is 9.59 Å². The zero-order valence-corrected chi connectivity index (χ0v) is 32.1. The summed E-state index contributed by atoms with van der Waals surface area (Å²) in [7, 11) is -2.10. The highest BCUT2D eigenvalue weighted by molar-refractivity contribution is 6.78. The van der Waals surface area contributed by atoms with Gasteiger partial charge < -0.3 is 18.6 Å². The van der Waals surface area contributed by atoms with Crippen LogP contribution in [0.5, 0.6) is 23.0 Å². The molecule has 4 aromatic carbocycles. The Bertz CT molecular complexity index is 1730. The van der Waals surface area contributed by atoms with Crippen molar-refractivity contribution in [3.05, 3.63) is 102 Å². The second kappa shape index (κ2) is 18.0. The van der Waals surface area contributed by atoms with Gasteiger partial charge in [0.1, 0.15) is 23.0 Å². The summed E-state index contributed by atoms with van der Waals surface area (Å²) >= 11 is 0. The summed E-state index contributed by atoms with van der Waals surface area (Å²) in [6, 6.07) is 24.1. The third-order valence-electron chi connectivity index (χ3n) is 9.48. The van der Waals surface area contributed by atoms with Crippen molar-refractivity contribution in [1.29, 1.82) is 0 Å². The molecule has 0 N–H and O–H groups in total. The van der Waals surface area contributed by atoms with Crippen LogP contribution in [-0.2, 0) is 4.79 Å². The van der Waals surface area contributed by atoms with E-state index in [2.05, 4.69) is 48.5 Å². The number of rotatable bonds is 17. The largest absolute Gasteiger partial charge is 0.543 e. The molecule has 266 valence electrons. The number of ether oxygens (including phenoxy) is 3. The zero-order chi connectivity index (χ0) is 36.3. The van der Waals surface area contributed by atoms with Crippen LogP contribution in [0.2, 0.25) is 16.6 Å². The van der Waals surface area contributed by atoms with Gasteiger partial charge in [-0.15, -0.1) is 0 Å². The van der Waals surface area contributed by atoms with E-state index in [0.717, 1.165) is 34.3 Å². The van der Waals surface area contributed by atoms with Gasteiger partial charge in [-0.05, 0) is 101 Å². The zero-order valence-electron chi connectivity index (χ0n) is 31.1. The van der Waals surface area contributed by atoms with Crippen molar-refractivity contribution in [2.75, 3.05) is 6.61 Å². The Balaban J connectivity index is 1.36.